The molecule has 3 heteroatoms. The first-order valence-electron chi connectivity index (χ1n) is 6.56. The van der Waals surface area contributed by atoms with Crippen LogP contribution >= 0.6 is 0 Å². The van der Waals surface area contributed by atoms with Crippen molar-refractivity contribution < 1.29 is 9.53 Å². The molecule has 2 atom stereocenters. The molecule has 0 radical (unpaired) electrons. The molecule has 2 rings (SSSR count). The summed E-state index contributed by atoms with van der Waals surface area (Å²) in [5, 5.41) is 0. The molecule has 0 spiro atoms. The normalized spacial score (nSPS) is 32.9. The number of carbonyl (C=O) groups is 1. The molecule has 16 heavy (non-hydrogen) atoms. The average Bonchev–Trinajstić information content (AvgIpc) is 2.15. The minimum Gasteiger partial charge on any atom is -0.462 e. The Morgan fingerprint density at radius 3 is 2.69 bits per heavy atom. The van der Waals surface area contributed by atoms with Gasteiger partial charge in [-0.3, -0.25) is 4.79 Å². The Bertz CT molecular complexity index is 261. The monoisotopic (exact) mass is 225 g/mol. The third-order valence-corrected chi connectivity index (χ3v) is 4.03. The summed E-state index contributed by atoms with van der Waals surface area (Å²) in [5.74, 6) is 0.614. The molecule has 2 N–H and O–H groups in total. The summed E-state index contributed by atoms with van der Waals surface area (Å²) in [6, 6.07) is 0. The lowest BCUT2D eigenvalue weighted by Gasteiger charge is -2.37. The van der Waals surface area contributed by atoms with Gasteiger partial charge in [0, 0.05) is 5.54 Å². The molecule has 2 saturated carbocycles. The van der Waals surface area contributed by atoms with Crippen LogP contribution in [-0.4, -0.2) is 17.6 Å². The van der Waals surface area contributed by atoms with Gasteiger partial charge in [0.15, 0.2) is 0 Å². The molecule has 2 unspecified atom stereocenters. The zero-order valence-corrected chi connectivity index (χ0v) is 10.2. The van der Waals surface area contributed by atoms with E-state index in [1.165, 1.54) is 12.8 Å². The van der Waals surface area contributed by atoms with Gasteiger partial charge in [-0.2, -0.15) is 0 Å². The van der Waals surface area contributed by atoms with Gasteiger partial charge >= 0.3 is 5.97 Å². The van der Waals surface area contributed by atoms with Crippen LogP contribution < -0.4 is 5.73 Å². The number of hydrogen-bond acceptors (Lipinski definition) is 3. The van der Waals surface area contributed by atoms with E-state index < -0.39 is 0 Å². The average molecular weight is 225 g/mol. The Morgan fingerprint density at radius 1 is 1.38 bits per heavy atom. The second-order valence-corrected chi connectivity index (χ2v) is 5.78. The molecule has 2 aliphatic carbocycles. The van der Waals surface area contributed by atoms with E-state index in [1.54, 1.807) is 0 Å². The van der Waals surface area contributed by atoms with E-state index >= 15 is 0 Å². The maximum atomic E-state index is 11.7. The van der Waals surface area contributed by atoms with Crippen molar-refractivity contribution in [3.05, 3.63) is 0 Å². The summed E-state index contributed by atoms with van der Waals surface area (Å²) in [5.41, 5.74) is 5.80. The van der Waals surface area contributed by atoms with Crippen LogP contribution in [0.5, 0.6) is 0 Å². The topological polar surface area (TPSA) is 52.3 Å². The van der Waals surface area contributed by atoms with Gasteiger partial charge in [0.1, 0.15) is 6.10 Å². The summed E-state index contributed by atoms with van der Waals surface area (Å²) in [6.45, 7) is 2.23. The molecular formula is C13H23NO2. The number of carbonyl (C=O) groups excluding carboxylic acids is 1. The minimum atomic E-state index is -0.239. The number of ether oxygens (including phenoxy) is 1. The molecule has 0 aliphatic heterocycles. The van der Waals surface area contributed by atoms with Gasteiger partial charge in [0.25, 0.3) is 0 Å². The molecule has 2 fully saturated rings. The zero-order valence-electron chi connectivity index (χ0n) is 10.2. The fourth-order valence-corrected chi connectivity index (χ4v) is 2.81. The highest BCUT2D eigenvalue weighted by atomic mass is 16.5. The van der Waals surface area contributed by atoms with Gasteiger partial charge < -0.3 is 10.5 Å². The first kappa shape index (κ1) is 11.9. The second kappa shape index (κ2) is 4.74. The standard InChI is InChI=1S/C13H23NO2/c1-10-4-2-5-11(8-10)16-12(15)9-13(14)6-3-7-13/h10-11H,2-9,14H2,1H3. The van der Waals surface area contributed by atoms with E-state index in [0.29, 0.717) is 12.3 Å². The fourth-order valence-electron chi connectivity index (χ4n) is 2.81. The smallest absolute Gasteiger partial charge is 0.307 e. The zero-order chi connectivity index (χ0) is 11.6. The Balaban J connectivity index is 1.74. The predicted octanol–water partition coefficient (Wildman–Crippen LogP) is 2.38. The SMILES string of the molecule is CC1CCCC(OC(=O)CC2(N)CCC2)C1. The highest BCUT2D eigenvalue weighted by molar-refractivity contribution is 5.71. The predicted molar refractivity (Wildman–Crippen MR) is 62.9 cm³/mol. The summed E-state index contributed by atoms with van der Waals surface area (Å²) >= 11 is 0. The van der Waals surface area contributed by atoms with Gasteiger partial charge in [0.05, 0.1) is 6.42 Å². The molecule has 3 nitrogen and oxygen atoms in total. The lowest BCUT2D eigenvalue weighted by atomic mass is 9.75. The third-order valence-electron chi connectivity index (χ3n) is 4.03. The Hall–Kier alpha value is -0.570. The van der Waals surface area contributed by atoms with Gasteiger partial charge in [0.2, 0.25) is 0 Å². The van der Waals surface area contributed by atoms with Crippen LogP contribution in [0.1, 0.15) is 58.3 Å². The molecule has 0 saturated heterocycles. The fraction of sp³-hybridized carbons (Fsp3) is 0.923. The van der Waals surface area contributed by atoms with Crippen molar-refractivity contribution in [2.45, 2.75) is 69.9 Å². The van der Waals surface area contributed by atoms with Crippen LogP contribution in [0.25, 0.3) is 0 Å². The Morgan fingerprint density at radius 2 is 2.12 bits per heavy atom. The van der Waals surface area contributed by atoms with Crippen LogP contribution in [0.3, 0.4) is 0 Å². The van der Waals surface area contributed by atoms with Crippen LogP contribution in [0.4, 0.5) is 0 Å². The summed E-state index contributed by atoms with van der Waals surface area (Å²) in [6.07, 6.45) is 8.20. The third kappa shape index (κ3) is 2.97. The van der Waals surface area contributed by atoms with Crippen molar-refractivity contribution in [1.29, 1.82) is 0 Å². The number of hydrogen-bond donors (Lipinski definition) is 1. The van der Waals surface area contributed by atoms with Crippen molar-refractivity contribution >= 4 is 5.97 Å². The minimum absolute atomic E-state index is 0.0821. The lowest BCUT2D eigenvalue weighted by Crippen LogP contribution is -2.48. The number of nitrogens with two attached hydrogens (primary N) is 1. The van der Waals surface area contributed by atoms with Crippen LogP contribution in [0, 0.1) is 5.92 Å². The number of esters is 1. The first-order valence-corrected chi connectivity index (χ1v) is 6.56. The highest BCUT2D eigenvalue weighted by Gasteiger charge is 2.36. The van der Waals surface area contributed by atoms with Crippen LogP contribution in [-0.2, 0) is 9.53 Å². The van der Waals surface area contributed by atoms with Gasteiger partial charge in [-0.25, -0.2) is 0 Å². The maximum Gasteiger partial charge on any atom is 0.307 e. The van der Waals surface area contributed by atoms with Crippen molar-refractivity contribution in [3.63, 3.8) is 0 Å². The molecule has 2 aliphatic rings. The molecule has 0 amide bonds. The number of rotatable bonds is 3. The van der Waals surface area contributed by atoms with Crippen molar-refractivity contribution in [1.82, 2.24) is 0 Å². The van der Waals surface area contributed by atoms with Crippen LogP contribution in [0.2, 0.25) is 0 Å². The molecule has 0 aromatic carbocycles. The van der Waals surface area contributed by atoms with Gasteiger partial charge in [-0.15, -0.1) is 0 Å². The lowest BCUT2D eigenvalue weighted by molar-refractivity contribution is -0.153. The van der Waals surface area contributed by atoms with Crippen molar-refractivity contribution in [2.75, 3.05) is 0 Å². The summed E-state index contributed by atoms with van der Waals surface area (Å²) in [7, 11) is 0. The van der Waals surface area contributed by atoms with E-state index in [2.05, 4.69) is 6.92 Å². The van der Waals surface area contributed by atoms with E-state index in [9.17, 15) is 4.79 Å². The van der Waals surface area contributed by atoms with Gasteiger partial charge in [-0.1, -0.05) is 13.3 Å². The molecule has 0 bridgehead atoms. The van der Waals surface area contributed by atoms with E-state index in [-0.39, 0.29) is 17.6 Å². The van der Waals surface area contributed by atoms with E-state index in [0.717, 1.165) is 32.1 Å². The summed E-state index contributed by atoms with van der Waals surface area (Å²) < 4.78 is 5.51. The molecule has 0 heterocycles. The van der Waals surface area contributed by atoms with Crippen LogP contribution in [0.15, 0.2) is 0 Å². The molecule has 0 aromatic heterocycles. The first-order chi connectivity index (χ1) is 7.57. The summed E-state index contributed by atoms with van der Waals surface area (Å²) in [4.78, 5) is 11.7. The quantitative estimate of drug-likeness (QED) is 0.750. The largest absolute Gasteiger partial charge is 0.462 e. The van der Waals surface area contributed by atoms with E-state index in [4.69, 9.17) is 10.5 Å². The molecule has 0 aromatic rings. The van der Waals surface area contributed by atoms with Crippen molar-refractivity contribution in [2.24, 2.45) is 11.7 Å². The maximum absolute atomic E-state index is 11.7. The highest BCUT2D eigenvalue weighted by Crippen LogP contribution is 2.33. The van der Waals surface area contributed by atoms with Crippen molar-refractivity contribution in [3.8, 4) is 0 Å². The Labute approximate surface area is 97.7 Å². The van der Waals surface area contributed by atoms with Gasteiger partial charge in [-0.05, 0) is 44.4 Å². The second-order valence-electron chi connectivity index (χ2n) is 5.78. The van der Waals surface area contributed by atoms with E-state index in [1.807, 2.05) is 0 Å². The Kier molecular flexibility index (Phi) is 3.53. The molecule has 92 valence electrons. The molecular weight excluding hydrogens is 202 g/mol.